The predicted molar refractivity (Wildman–Crippen MR) is 119 cm³/mol. The highest BCUT2D eigenvalue weighted by Gasteiger charge is 2.33. The Labute approximate surface area is 181 Å². The van der Waals surface area contributed by atoms with Crippen LogP contribution in [0.2, 0.25) is 0 Å². The molecule has 0 aliphatic carbocycles. The molecule has 1 fully saturated rings. The van der Waals surface area contributed by atoms with Crippen molar-refractivity contribution in [2.24, 2.45) is 0 Å². The van der Waals surface area contributed by atoms with Crippen molar-refractivity contribution in [3.8, 4) is 17.1 Å². The number of nitrogens with zero attached hydrogens (tertiary/aromatic N) is 2. The number of ether oxygens (including phenoxy) is 1. The Morgan fingerprint density at radius 2 is 1.93 bits per heavy atom. The number of furan rings is 1. The van der Waals surface area contributed by atoms with Crippen molar-refractivity contribution in [2.75, 3.05) is 12.0 Å². The van der Waals surface area contributed by atoms with Gasteiger partial charge in [0.1, 0.15) is 17.3 Å². The summed E-state index contributed by atoms with van der Waals surface area (Å²) in [4.78, 5) is 25.1. The first-order valence-electron chi connectivity index (χ1n) is 8.73. The van der Waals surface area contributed by atoms with E-state index in [4.69, 9.17) is 21.4 Å². The first-order chi connectivity index (χ1) is 14.5. The molecule has 7 nitrogen and oxygen atoms in total. The Hall–Kier alpha value is -3.43. The first kappa shape index (κ1) is 19.9. The number of thioether (sulfide) groups is 1. The van der Waals surface area contributed by atoms with Crippen LogP contribution in [-0.2, 0) is 4.79 Å². The number of rotatable bonds is 5. The van der Waals surface area contributed by atoms with E-state index in [1.165, 1.54) is 28.8 Å². The molecule has 3 aromatic rings. The highest BCUT2D eigenvalue weighted by atomic mass is 32.2. The molecule has 0 spiro atoms. The van der Waals surface area contributed by atoms with Gasteiger partial charge in [-0.15, -0.1) is 0 Å². The van der Waals surface area contributed by atoms with E-state index in [-0.39, 0.29) is 11.6 Å². The van der Waals surface area contributed by atoms with Gasteiger partial charge in [0.25, 0.3) is 11.6 Å². The van der Waals surface area contributed by atoms with E-state index >= 15 is 0 Å². The summed E-state index contributed by atoms with van der Waals surface area (Å²) in [6.07, 6.45) is 1.63. The number of carbonyl (C=O) groups excluding carboxylic acids is 1. The minimum absolute atomic E-state index is 0.00625. The topological polar surface area (TPSA) is 85.8 Å². The number of nitro groups is 1. The fourth-order valence-corrected chi connectivity index (χ4v) is 4.18. The highest BCUT2D eigenvalue weighted by Crippen LogP contribution is 2.37. The lowest BCUT2D eigenvalue weighted by Crippen LogP contribution is -2.27. The van der Waals surface area contributed by atoms with Crippen molar-refractivity contribution in [3.05, 3.63) is 81.4 Å². The maximum Gasteiger partial charge on any atom is 0.270 e. The van der Waals surface area contributed by atoms with Crippen LogP contribution in [0.25, 0.3) is 17.4 Å². The lowest BCUT2D eigenvalue weighted by Gasteiger charge is -2.15. The zero-order chi connectivity index (χ0) is 21.3. The van der Waals surface area contributed by atoms with Crippen LogP contribution >= 0.6 is 24.0 Å². The van der Waals surface area contributed by atoms with Gasteiger partial charge in [0.05, 0.1) is 22.6 Å². The lowest BCUT2D eigenvalue weighted by atomic mass is 10.1. The normalized spacial score (nSPS) is 15.1. The zero-order valence-electron chi connectivity index (χ0n) is 15.6. The predicted octanol–water partition coefficient (Wildman–Crippen LogP) is 5.27. The summed E-state index contributed by atoms with van der Waals surface area (Å²) in [5.74, 6) is 1.41. The van der Waals surface area contributed by atoms with Gasteiger partial charge in [0.15, 0.2) is 4.32 Å². The quantitative estimate of drug-likeness (QED) is 0.232. The van der Waals surface area contributed by atoms with E-state index in [1.54, 1.807) is 61.7 Å². The van der Waals surface area contributed by atoms with Gasteiger partial charge in [-0.3, -0.25) is 19.8 Å². The third-order valence-electron chi connectivity index (χ3n) is 4.37. The third-order valence-corrected chi connectivity index (χ3v) is 5.67. The molecule has 1 saturated heterocycles. The minimum Gasteiger partial charge on any atom is -0.497 e. The molecule has 0 unspecified atom stereocenters. The number of thiocarbonyl (C=S) groups is 1. The Morgan fingerprint density at radius 3 is 2.63 bits per heavy atom. The summed E-state index contributed by atoms with van der Waals surface area (Å²) in [7, 11) is 1.56. The number of methoxy groups -OCH3 is 1. The average Bonchev–Trinajstić information content (AvgIpc) is 3.32. The number of carbonyl (C=O) groups is 1. The summed E-state index contributed by atoms with van der Waals surface area (Å²) in [6, 6.07) is 16.6. The fraction of sp³-hybridized carbons (Fsp3) is 0.0476. The van der Waals surface area contributed by atoms with Crippen molar-refractivity contribution < 1.29 is 18.9 Å². The molecule has 0 saturated carbocycles. The molecule has 2 aromatic carbocycles. The standard InChI is InChI=1S/C21H14N2O5S2/c1-27-16-4-2-3-15(11-16)22-20(24)19(30-21(22)29)12-17-9-10-18(28-17)13-5-7-14(8-6-13)23(25)26/h2-12H,1H3/b19-12+. The van der Waals surface area contributed by atoms with Crippen LogP contribution in [0, 0.1) is 10.1 Å². The van der Waals surface area contributed by atoms with E-state index in [2.05, 4.69) is 0 Å². The van der Waals surface area contributed by atoms with Gasteiger partial charge >= 0.3 is 0 Å². The van der Waals surface area contributed by atoms with Crippen molar-refractivity contribution >= 4 is 51.7 Å². The lowest BCUT2D eigenvalue weighted by molar-refractivity contribution is -0.384. The van der Waals surface area contributed by atoms with Crippen molar-refractivity contribution in [1.29, 1.82) is 0 Å². The maximum atomic E-state index is 12.9. The molecule has 2 heterocycles. The molecule has 9 heteroatoms. The van der Waals surface area contributed by atoms with Crippen LogP contribution in [0.15, 0.2) is 70.0 Å². The fourth-order valence-electron chi connectivity index (χ4n) is 2.90. The molecule has 4 rings (SSSR count). The molecule has 0 bridgehead atoms. The number of benzene rings is 2. The van der Waals surface area contributed by atoms with E-state index in [9.17, 15) is 14.9 Å². The van der Waals surface area contributed by atoms with Crippen LogP contribution in [0.3, 0.4) is 0 Å². The molecule has 30 heavy (non-hydrogen) atoms. The SMILES string of the molecule is COc1cccc(N2C(=O)/C(=C\c3ccc(-c4ccc([N+](=O)[O-])cc4)o3)SC2=S)c1. The van der Waals surface area contributed by atoms with E-state index < -0.39 is 4.92 Å². The van der Waals surface area contributed by atoms with Gasteiger partial charge in [-0.05, 0) is 36.4 Å². The Bertz CT molecular complexity index is 1180. The van der Waals surface area contributed by atoms with Gasteiger partial charge in [-0.2, -0.15) is 0 Å². The second-order valence-electron chi connectivity index (χ2n) is 6.22. The zero-order valence-corrected chi connectivity index (χ0v) is 17.2. The first-order valence-corrected chi connectivity index (χ1v) is 9.95. The molecular formula is C21H14N2O5S2. The molecule has 0 radical (unpaired) electrons. The van der Waals surface area contributed by atoms with Gasteiger partial charge < -0.3 is 9.15 Å². The largest absolute Gasteiger partial charge is 0.497 e. The highest BCUT2D eigenvalue weighted by molar-refractivity contribution is 8.27. The second-order valence-corrected chi connectivity index (χ2v) is 7.90. The van der Waals surface area contributed by atoms with Gasteiger partial charge in [-0.25, -0.2) is 0 Å². The van der Waals surface area contributed by atoms with Crippen molar-refractivity contribution in [1.82, 2.24) is 0 Å². The van der Waals surface area contributed by atoms with Crippen molar-refractivity contribution in [2.45, 2.75) is 0 Å². The molecule has 1 amide bonds. The van der Waals surface area contributed by atoms with Crippen LogP contribution in [0.4, 0.5) is 11.4 Å². The molecule has 1 aromatic heterocycles. The second kappa shape index (κ2) is 8.13. The molecule has 0 N–H and O–H groups in total. The molecular weight excluding hydrogens is 424 g/mol. The average molecular weight is 438 g/mol. The summed E-state index contributed by atoms with van der Waals surface area (Å²) in [6.45, 7) is 0. The van der Waals surface area contributed by atoms with Gasteiger partial charge in [0, 0.05) is 29.8 Å². The van der Waals surface area contributed by atoms with Crippen LogP contribution in [0.1, 0.15) is 5.76 Å². The number of non-ortho nitro benzene ring substituents is 1. The van der Waals surface area contributed by atoms with E-state index in [1.807, 2.05) is 0 Å². The van der Waals surface area contributed by atoms with Gasteiger partial charge in [0.2, 0.25) is 0 Å². The molecule has 0 atom stereocenters. The Kier molecular flexibility index (Phi) is 5.39. The molecule has 1 aliphatic heterocycles. The number of nitro benzene ring substituents is 1. The van der Waals surface area contributed by atoms with Crippen molar-refractivity contribution in [3.63, 3.8) is 0 Å². The van der Waals surface area contributed by atoms with Crippen LogP contribution in [-0.4, -0.2) is 22.3 Å². The maximum absolute atomic E-state index is 12.9. The summed E-state index contributed by atoms with van der Waals surface area (Å²) in [5.41, 5.74) is 1.34. The van der Waals surface area contributed by atoms with Gasteiger partial charge in [-0.1, -0.05) is 30.0 Å². The molecule has 1 aliphatic rings. The summed E-state index contributed by atoms with van der Waals surface area (Å²) in [5, 5.41) is 10.8. The third kappa shape index (κ3) is 3.85. The monoisotopic (exact) mass is 438 g/mol. The number of hydrogen-bond acceptors (Lipinski definition) is 7. The number of hydrogen-bond donors (Lipinski definition) is 0. The van der Waals surface area contributed by atoms with E-state index in [0.29, 0.717) is 37.7 Å². The molecule has 150 valence electrons. The Balaban J connectivity index is 1.57. The van der Waals surface area contributed by atoms with Crippen LogP contribution in [0.5, 0.6) is 5.75 Å². The summed E-state index contributed by atoms with van der Waals surface area (Å²) >= 11 is 6.58. The number of amides is 1. The summed E-state index contributed by atoms with van der Waals surface area (Å²) < 4.78 is 11.4. The van der Waals surface area contributed by atoms with E-state index in [0.717, 1.165) is 0 Å². The van der Waals surface area contributed by atoms with Crippen LogP contribution < -0.4 is 9.64 Å². The minimum atomic E-state index is -0.457. The number of anilines is 1. The Morgan fingerprint density at radius 1 is 1.17 bits per heavy atom. The smallest absolute Gasteiger partial charge is 0.270 e.